The van der Waals surface area contributed by atoms with E-state index in [-0.39, 0.29) is 0 Å². The first-order valence-electron chi connectivity index (χ1n) is 3.35. The third-order valence-corrected chi connectivity index (χ3v) is 2.11. The molecule has 0 saturated heterocycles. The molecule has 1 rings (SSSR count). The third-order valence-electron chi connectivity index (χ3n) is 1.26. The second-order valence-corrected chi connectivity index (χ2v) is 3.12. The van der Waals surface area contributed by atoms with E-state index in [9.17, 15) is 4.79 Å². The Morgan fingerprint density at radius 2 is 2.33 bits per heavy atom. The van der Waals surface area contributed by atoms with Crippen molar-refractivity contribution in [3.63, 3.8) is 0 Å². The van der Waals surface area contributed by atoms with E-state index >= 15 is 0 Å². The van der Waals surface area contributed by atoms with Crippen molar-refractivity contribution in [3.05, 3.63) is 29.8 Å². The summed E-state index contributed by atoms with van der Waals surface area (Å²) in [6.07, 6.45) is 1.78. The van der Waals surface area contributed by atoms with Gasteiger partial charge in [0.25, 0.3) is 0 Å². The SMILES string of the molecule is N#Cc1cccc(SC[C]=O)c1. The standard InChI is InChI=1S/C9H6NOS/c10-7-8-2-1-3-9(6-8)12-5-4-11/h1-3,6H,5H2. The lowest BCUT2D eigenvalue weighted by Crippen LogP contribution is -1.80. The van der Waals surface area contributed by atoms with Gasteiger partial charge in [0.05, 0.1) is 17.4 Å². The molecule has 1 radical (unpaired) electrons. The summed E-state index contributed by atoms with van der Waals surface area (Å²) in [6.45, 7) is 0. The molecular formula is C9H6NOS. The van der Waals surface area contributed by atoms with Crippen molar-refractivity contribution < 1.29 is 4.79 Å². The van der Waals surface area contributed by atoms with Gasteiger partial charge < -0.3 is 0 Å². The van der Waals surface area contributed by atoms with Crippen molar-refractivity contribution in [2.75, 3.05) is 5.75 Å². The van der Waals surface area contributed by atoms with Crippen LogP contribution in [0.4, 0.5) is 0 Å². The van der Waals surface area contributed by atoms with Gasteiger partial charge in [0.15, 0.2) is 0 Å². The van der Waals surface area contributed by atoms with Crippen LogP contribution in [0.3, 0.4) is 0 Å². The molecule has 0 aliphatic rings. The summed E-state index contributed by atoms with van der Waals surface area (Å²) < 4.78 is 0. The Labute approximate surface area is 75.2 Å². The summed E-state index contributed by atoms with van der Waals surface area (Å²) in [5.41, 5.74) is 0.617. The highest BCUT2D eigenvalue weighted by atomic mass is 32.2. The normalized spacial score (nSPS) is 8.92. The number of carbonyl (C=O) groups excluding carboxylic acids is 1. The first-order valence-corrected chi connectivity index (χ1v) is 4.33. The van der Waals surface area contributed by atoms with Gasteiger partial charge in [-0.15, -0.1) is 11.8 Å². The van der Waals surface area contributed by atoms with Crippen LogP contribution in [-0.2, 0) is 4.79 Å². The van der Waals surface area contributed by atoms with Gasteiger partial charge in [-0.1, -0.05) is 6.07 Å². The monoisotopic (exact) mass is 176 g/mol. The molecule has 1 aromatic carbocycles. The number of benzene rings is 1. The lowest BCUT2D eigenvalue weighted by molar-refractivity contribution is 0.560. The Bertz CT molecular complexity index is 317. The van der Waals surface area contributed by atoms with Crippen LogP contribution in [-0.4, -0.2) is 12.0 Å². The van der Waals surface area contributed by atoms with Gasteiger partial charge in [-0.05, 0) is 18.2 Å². The lowest BCUT2D eigenvalue weighted by atomic mass is 10.2. The van der Waals surface area contributed by atoms with E-state index in [4.69, 9.17) is 5.26 Å². The van der Waals surface area contributed by atoms with E-state index in [0.29, 0.717) is 11.3 Å². The predicted octanol–water partition coefficient (Wildman–Crippen LogP) is 1.76. The Kier molecular flexibility index (Phi) is 3.36. The fourth-order valence-electron chi connectivity index (χ4n) is 0.768. The molecule has 59 valence electrons. The van der Waals surface area contributed by atoms with Crippen LogP contribution in [0.5, 0.6) is 0 Å². The van der Waals surface area contributed by atoms with Crippen LogP contribution < -0.4 is 0 Å². The summed E-state index contributed by atoms with van der Waals surface area (Å²) in [5, 5.41) is 8.55. The second-order valence-electron chi connectivity index (χ2n) is 2.07. The highest BCUT2D eigenvalue weighted by Crippen LogP contribution is 2.17. The zero-order chi connectivity index (χ0) is 8.81. The van der Waals surface area contributed by atoms with Gasteiger partial charge in [0, 0.05) is 4.90 Å². The molecule has 1 aromatic rings. The first-order chi connectivity index (χ1) is 5.86. The van der Waals surface area contributed by atoms with Crippen LogP contribution in [0.1, 0.15) is 5.56 Å². The van der Waals surface area contributed by atoms with Gasteiger partial charge >= 0.3 is 0 Å². The highest BCUT2D eigenvalue weighted by Gasteiger charge is 1.94. The molecule has 0 amide bonds. The zero-order valence-electron chi connectivity index (χ0n) is 6.28. The van der Waals surface area contributed by atoms with Crippen molar-refractivity contribution in [3.8, 4) is 6.07 Å². The lowest BCUT2D eigenvalue weighted by Gasteiger charge is -1.95. The fourth-order valence-corrected chi connectivity index (χ4v) is 1.38. The Morgan fingerprint density at radius 3 is 3.00 bits per heavy atom. The molecule has 0 spiro atoms. The summed E-state index contributed by atoms with van der Waals surface area (Å²) in [6, 6.07) is 9.18. The van der Waals surface area contributed by atoms with E-state index in [1.54, 1.807) is 24.5 Å². The molecule has 0 N–H and O–H groups in total. The Hall–Kier alpha value is -1.27. The largest absolute Gasteiger partial charge is 0.290 e. The van der Waals surface area contributed by atoms with Crippen LogP contribution in [0.2, 0.25) is 0 Å². The molecule has 0 aliphatic heterocycles. The molecule has 0 unspecified atom stereocenters. The molecule has 12 heavy (non-hydrogen) atoms. The predicted molar refractivity (Wildman–Crippen MR) is 47.6 cm³/mol. The smallest absolute Gasteiger partial charge is 0.209 e. The van der Waals surface area contributed by atoms with Crippen LogP contribution >= 0.6 is 11.8 Å². The molecule has 0 heterocycles. The van der Waals surface area contributed by atoms with E-state index in [1.165, 1.54) is 11.8 Å². The Balaban J connectivity index is 2.74. The fraction of sp³-hybridized carbons (Fsp3) is 0.111. The minimum absolute atomic E-state index is 0.314. The van der Waals surface area contributed by atoms with Crippen molar-refractivity contribution in [1.82, 2.24) is 0 Å². The third kappa shape index (κ3) is 2.40. The molecule has 3 heteroatoms. The maximum atomic E-state index is 9.92. The van der Waals surface area contributed by atoms with E-state index in [1.807, 2.05) is 12.1 Å². The molecule has 0 atom stereocenters. The van der Waals surface area contributed by atoms with Crippen LogP contribution in [0, 0.1) is 11.3 Å². The molecule has 0 aromatic heterocycles. The Morgan fingerprint density at radius 1 is 1.50 bits per heavy atom. The summed E-state index contributed by atoms with van der Waals surface area (Å²) in [7, 11) is 0. The van der Waals surface area contributed by atoms with Crippen molar-refractivity contribution >= 4 is 18.0 Å². The average Bonchev–Trinajstić information content (AvgIpc) is 2.15. The van der Waals surface area contributed by atoms with Gasteiger partial charge in [-0.25, -0.2) is 0 Å². The minimum Gasteiger partial charge on any atom is -0.290 e. The van der Waals surface area contributed by atoms with E-state index in [2.05, 4.69) is 0 Å². The van der Waals surface area contributed by atoms with Gasteiger partial charge in [-0.3, -0.25) is 4.79 Å². The molecule has 0 saturated carbocycles. The summed E-state index contributed by atoms with van der Waals surface area (Å²) in [4.78, 5) is 10.8. The maximum absolute atomic E-state index is 9.92. The topological polar surface area (TPSA) is 40.9 Å². The average molecular weight is 176 g/mol. The zero-order valence-corrected chi connectivity index (χ0v) is 7.10. The number of nitrogens with zero attached hydrogens (tertiary/aromatic N) is 1. The molecule has 0 bridgehead atoms. The quantitative estimate of drug-likeness (QED) is 0.659. The van der Waals surface area contributed by atoms with Gasteiger partial charge in [0.1, 0.15) is 0 Å². The van der Waals surface area contributed by atoms with Crippen molar-refractivity contribution in [2.45, 2.75) is 4.90 Å². The number of nitriles is 1. The van der Waals surface area contributed by atoms with Gasteiger partial charge in [-0.2, -0.15) is 5.26 Å². The molecule has 0 aliphatic carbocycles. The number of thioether (sulfide) groups is 1. The summed E-state index contributed by atoms with van der Waals surface area (Å²) in [5.74, 6) is 0.314. The second kappa shape index (κ2) is 4.58. The van der Waals surface area contributed by atoms with Gasteiger partial charge in [0.2, 0.25) is 6.29 Å². The van der Waals surface area contributed by atoms with Crippen molar-refractivity contribution in [1.29, 1.82) is 5.26 Å². The molecule has 2 nitrogen and oxygen atoms in total. The van der Waals surface area contributed by atoms with E-state index < -0.39 is 0 Å². The van der Waals surface area contributed by atoms with Crippen LogP contribution in [0.15, 0.2) is 29.2 Å². The highest BCUT2D eigenvalue weighted by molar-refractivity contribution is 7.99. The number of hydrogen-bond donors (Lipinski definition) is 0. The minimum atomic E-state index is 0.314. The van der Waals surface area contributed by atoms with Crippen molar-refractivity contribution in [2.24, 2.45) is 0 Å². The number of rotatable bonds is 3. The molecule has 0 fully saturated rings. The number of hydrogen-bond acceptors (Lipinski definition) is 3. The molecular weight excluding hydrogens is 170 g/mol. The first kappa shape index (κ1) is 8.82. The van der Waals surface area contributed by atoms with E-state index in [0.717, 1.165) is 4.90 Å². The summed E-state index contributed by atoms with van der Waals surface area (Å²) >= 11 is 1.38. The maximum Gasteiger partial charge on any atom is 0.209 e. The van der Waals surface area contributed by atoms with Crippen LogP contribution in [0.25, 0.3) is 0 Å².